The number of H-pyrrole nitrogens is 1. The van der Waals surface area contributed by atoms with E-state index in [2.05, 4.69) is 45.6 Å². The highest BCUT2D eigenvalue weighted by Gasteiger charge is 2.35. The van der Waals surface area contributed by atoms with E-state index in [4.69, 9.17) is 0 Å². The molecule has 0 spiro atoms. The van der Waals surface area contributed by atoms with Crippen molar-refractivity contribution < 1.29 is 18.0 Å². The van der Waals surface area contributed by atoms with Crippen molar-refractivity contribution in [1.82, 2.24) is 30.0 Å². The summed E-state index contributed by atoms with van der Waals surface area (Å²) in [6, 6.07) is 11.7. The number of halogens is 3. The lowest BCUT2D eigenvalue weighted by atomic mass is 10.1. The fourth-order valence-corrected chi connectivity index (χ4v) is 4.78. The molecule has 41 heavy (non-hydrogen) atoms. The fourth-order valence-electron chi connectivity index (χ4n) is 4.78. The Balaban J connectivity index is 1.00. The van der Waals surface area contributed by atoms with Gasteiger partial charge in [0.1, 0.15) is 5.82 Å². The number of nitrogens with one attached hydrogen (secondary N) is 3. The van der Waals surface area contributed by atoms with Gasteiger partial charge in [-0.3, -0.25) is 19.8 Å². The van der Waals surface area contributed by atoms with E-state index in [9.17, 15) is 18.0 Å². The van der Waals surface area contributed by atoms with Crippen LogP contribution in [0.3, 0.4) is 0 Å². The minimum absolute atomic E-state index is 0.407. The van der Waals surface area contributed by atoms with Gasteiger partial charge < -0.3 is 15.5 Å². The quantitative estimate of drug-likeness (QED) is 0.280. The summed E-state index contributed by atoms with van der Waals surface area (Å²) in [6.07, 6.45) is 1.45. The van der Waals surface area contributed by atoms with Crippen LogP contribution in [0, 0.1) is 0 Å². The third-order valence-electron chi connectivity index (χ3n) is 7.16. The summed E-state index contributed by atoms with van der Waals surface area (Å²) in [6.45, 7) is 3.85. The maximum atomic E-state index is 13.2. The molecule has 13 heteroatoms. The number of aromatic amines is 1. The molecule has 1 saturated carbocycles. The molecule has 3 N–H and O–H groups in total. The molecule has 0 atom stereocenters. The summed E-state index contributed by atoms with van der Waals surface area (Å²) in [4.78, 5) is 29.7. The van der Waals surface area contributed by atoms with Gasteiger partial charge in [-0.05, 0) is 42.7 Å². The summed E-state index contributed by atoms with van der Waals surface area (Å²) >= 11 is 0. The van der Waals surface area contributed by atoms with Crippen LogP contribution in [-0.4, -0.2) is 62.1 Å². The number of alkyl halides is 3. The molecule has 3 aromatic heterocycles. The number of rotatable bonds is 8. The van der Waals surface area contributed by atoms with Gasteiger partial charge >= 0.3 is 6.18 Å². The fraction of sp³-hybridized carbons (Fsp3) is 0.321. The minimum Gasteiger partial charge on any atom is -0.338 e. The zero-order valence-corrected chi connectivity index (χ0v) is 22.0. The van der Waals surface area contributed by atoms with Crippen molar-refractivity contribution in [3.63, 3.8) is 0 Å². The van der Waals surface area contributed by atoms with Crippen LogP contribution >= 0.6 is 0 Å². The first-order valence-corrected chi connectivity index (χ1v) is 13.4. The van der Waals surface area contributed by atoms with Crippen LogP contribution in [0.15, 0.2) is 61.1 Å². The van der Waals surface area contributed by atoms with Gasteiger partial charge in [-0.1, -0.05) is 12.1 Å². The molecule has 212 valence electrons. The minimum atomic E-state index is -4.64. The summed E-state index contributed by atoms with van der Waals surface area (Å²) in [5, 5.41) is 13.2. The first-order chi connectivity index (χ1) is 19.8. The molecule has 1 aromatic carbocycles. The Morgan fingerprint density at radius 1 is 1.00 bits per heavy atom. The smallest absolute Gasteiger partial charge is 0.338 e. The average Bonchev–Trinajstić information content (AvgIpc) is 3.72. The van der Waals surface area contributed by atoms with E-state index in [0.29, 0.717) is 29.9 Å². The Labute approximate surface area is 234 Å². The van der Waals surface area contributed by atoms with Crippen LogP contribution in [0.25, 0.3) is 0 Å². The van der Waals surface area contributed by atoms with Gasteiger partial charge in [0.15, 0.2) is 5.82 Å². The van der Waals surface area contributed by atoms with E-state index >= 15 is 0 Å². The first-order valence-electron chi connectivity index (χ1n) is 13.4. The molecule has 6 rings (SSSR count). The molecule has 1 saturated heterocycles. The number of carbonyl (C=O) groups is 1. The zero-order chi connectivity index (χ0) is 28.4. The SMILES string of the molecule is O=C(Nc1ccc(CN2CCN(c3nccc(Nc4cc(C5CC5)[nH]n4)n3)CC2)cc1)c1cnccc1C(F)(F)F. The topological polar surface area (TPSA) is 115 Å². The van der Waals surface area contributed by atoms with Gasteiger partial charge in [0.2, 0.25) is 5.95 Å². The molecule has 0 radical (unpaired) electrons. The second kappa shape index (κ2) is 11.2. The van der Waals surface area contributed by atoms with E-state index in [1.54, 1.807) is 18.3 Å². The lowest BCUT2D eigenvalue weighted by molar-refractivity contribution is -0.138. The summed E-state index contributed by atoms with van der Waals surface area (Å²) < 4.78 is 39.7. The van der Waals surface area contributed by atoms with Gasteiger partial charge in [0.25, 0.3) is 5.91 Å². The van der Waals surface area contributed by atoms with E-state index < -0.39 is 23.2 Å². The summed E-state index contributed by atoms with van der Waals surface area (Å²) in [7, 11) is 0. The summed E-state index contributed by atoms with van der Waals surface area (Å²) in [5.74, 6) is 1.84. The van der Waals surface area contributed by atoms with Crippen LogP contribution in [-0.2, 0) is 12.7 Å². The molecule has 0 bridgehead atoms. The number of hydrogen-bond acceptors (Lipinski definition) is 8. The standard InChI is InChI=1S/C28H28F3N9O/c29-28(30,31)22-7-9-32-16-21(22)26(41)34-20-5-1-18(2-6-20)17-39-11-13-40(14-12-39)27-33-10-8-24(36-27)35-25-15-23(37-38-25)19-3-4-19/h1-2,5-10,15-16,19H,3-4,11-14,17H2,(H,34,41)(H2,33,35,36,37,38). The first kappa shape index (κ1) is 26.7. The van der Waals surface area contributed by atoms with Crippen molar-refractivity contribution in [2.75, 3.05) is 41.7 Å². The van der Waals surface area contributed by atoms with Crippen molar-refractivity contribution in [2.45, 2.75) is 31.5 Å². The molecule has 1 aliphatic carbocycles. The maximum absolute atomic E-state index is 13.2. The predicted molar refractivity (Wildman–Crippen MR) is 147 cm³/mol. The molecule has 4 heterocycles. The van der Waals surface area contributed by atoms with Crippen molar-refractivity contribution in [1.29, 1.82) is 0 Å². The van der Waals surface area contributed by atoms with Crippen molar-refractivity contribution >= 4 is 29.2 Å². The Kier molecular flexibility index (Phi) is 7.26. The number of anilines is 4. The largest absolute Gasteiger partial charge is 0.417 e. The molecule has 2 fully saturated rings. The van der Waals surface area contributed by atoms with Crippen LogP contribution in [0.2, 0.25) is 0 Å². The van der Waals surface area contributed by atoms with Gasteiger partial charge in [-0.2, -0.15) is 23.3 Å². The third kappa shape index (κ3) is 6.46. The Morgan fingerprint density at radius 3 is 2.51 bits per heavy atom. The molecule has 1 aliphatic heterocycles. The molecule has 2 aliphatic rings. The molecule has 1 amide bonds. The number of benzene rings is 1. The number of nitrogens with zero attached hydrogens (tertiary/aromatic N) is 6. The zero-order valence-electron chi connectivity index (χ0n) is 22.0. The monoisotopic (exact) mass is 563 g/mol. The van der Waals surface area contributed by atoms with Gasteiger partial charge in [-0.25, -0.2) is 4.98 Å². The van der Waals surface area contributed by atoms with Gasteiger partial charge in [-0.15, -0.1) is 0 Å². The van der Waals surface area contributed by atoms with E-state index in [-0.39, 0.29) is 0 Å². The highest BCUT2D eigenvalue weighted by Crippen LogP contribution is 2.39. The second-order valence-corrected chi connectivity index (χ2v) is 10.2. The van der Waals surface area contributed by atoms with Crippen molar-refractivity contribution in [3.8, 4) is 0 Å². The van der Waals surface area contributed by atoms with Crippen LogP contribution < -0.4 is 15.5 Å². The average molecular weight is 564 g/mol. The Hall–Kier alpha value is -4.52. The van der Waals surface area contributed by atoms with E-state index in [0.717, 1.165) is 61.7 Å². The molecule has 10 nitrogen and oxygen atoms in total. The van der Waals surface area contributed by atoms with Crippen LogP contribution in [0.1, 0.15) is 45.9 Å². The normalized spacial score (nSPS) is 16.0. The van der Waals surface area contributed by atoms with Crippen molar-refractivity contribution in [2.24, 2.45) is 0 Å². The van der Waals surface area contributed by atoms with E-state index in [1.165, 1.54) is 12.8 Å². The third-order valence-corrected chi connectivity index (χ3v) is 7.16. The van der Waals surface area contributed by atoms with Crippen molar-refractivity contribution in [3.05, 3.63) is 83.4 Å². The lowest BCUT2D eigenvalue weighted by Gasteiger charge is -2.34. The van der Waals surface area contributed by atoms with Gasteiger partial charge in [0.05, 0.1) is 11.1 Å². The van der Waals surface area contributed by atoms with E-state index in [1.807, 2.05) is 24.3 Å². The molecular weight excluding hydrogens is 535 g/mol. The Morgan fingerprint density at radius 2 is 1.78 bits per heavy atom. The predicted octanol–water partition coefficient (Wildman–Crippen LogP) is 4.81. The lowest BCUT2D eigenvalue weighted by Crippen LogP contribution is -2.46. The molecule has 4 aromatic rings. The number of amides is 1. The Bertz CT molecular complexity index is 1510. The number of pyridine rings is 1. The maximum Gasteiger partial charge on any atom is 0.417 e. The molecular formula is C28H28F3N9O. The van der Waals surface area contributed by atoms with Gasteiger partial charge in [0, 0.05) is 74.7 Å². The summed E-state index contributed by atoms with van der Waals surface area (Å²) in [5.41, 5.74) is 1.05. The number of aromatic nitrogens is 5. The molecule has 0 unspecified atom stereocenters. The second-order valence-electron chi connectivity index (χ2n) is 10.2. The number of hydrogen-bond donors (Lipinski definition) is 3. The number of carbonyl (C=O) groups excluding carboxylic acids is 1. The highest BCUT2D eigenvalue weighted by atomic mass is 19.4. The highest BCUT2D eigenvalue weighted by molar-refractivity contribution is 6.05. The van der Waals surface area contributed by atoms with Crippen LogP contribution in [0.5, 0.6) is 0 Å². The van der Waals surface area contributed by atoms with Crippen LogP contribution in [0.4, 0.5) is 36.4 Å². The number of piperazine rings is 1.